The van der Waals surface area contributed by atoms with Crippen LogP contribution in [0.5, 0.6) is 0 Å². The molecule has 2 aromatic heterocycles. The van der Waals surface area contributed by atoms with Gasteiger partial charge in [-0.2, -0.15) is 0 Å². The second kappa shape index (κ2) is 9.45. The Hall–Kier alpha value is -2.74. The van der Waals surface area contributed by atoms with Crippen LogP contribution in [0, 0.1) is 13.8 Å². The molecule has 1 aliphatic heterocycles. The van der Waals surface area contributed by atoms with Gasteiger partial charge in [0.05, 0.1) is 12.2 Å². The number of aryl methyl sites for hydroxylation is 2. The van der Waals surface area contributed by atoms with E-state index in [1.54, 1.807) is 19.4 Å². The van der Waals surface area contributed by atoms with E-state index in [0.29, 0.717) is 24.8 Å². The maximum atomic E-state index is 12.0. The highest BCUT2D eigenvalue weighted by Crippen LogP contribution is 2.21. The van der Waals surface area contributed by atoms with Crippen molar-refractivity contribution in [2.75, 3.05) is 43.6 Å². The third kappa shape index (κ3) is 5.39. The molecule has 3 heterocycles. The van der Waals surface area contributed by atoms with Crippen LogP contribution in [-0.4, -0.2) is 60.3 Å². The third-order valence-electron chi connectivity index (χ3n) is 4.74. The van der Waals surface area contributed by atoms with Crippen molar-refractivity contribution in [3.05, 3.63) is 41.5 Å². The number of ether oxygens (including phenoxy) is 1. The maximum absolute atomic E-state index is 12.0. The SMILES string of the molecule is COCCNC(=O)c1ccc(NC2CCN(c3cc(C)nc(C)n3)CC2)nc1. The monoisotopic (exact) mass is 384 g/mol. The van der Waals surface area contributed by atoms with Gasteiger partial charge in [0.15, 0.2) is 0 Å². The molecule has 8 nitrogen and oxygen atoms in total. The highest BCUT2D eigenvalue weighted by Gasteiger charge is 2.21. The number of carbonyl (C=O) groups is 1. The quantitative estimate of drug-likeness (QED) is 0.705. The Morgan fingerprint density at radius 1 is 1.25 bits per heavy atom. The number of carbonyl (C=O) groups excluding carboxylic acids is 1. The lowest BCUT2D eigenvalue weighted by molar-refractivity contribution is 0.0937. The minimum Gasteiger partial charge on any atom is -0.383 e. The van der Waals surface area contributed by atoms with Crippen molar-refractivity contribution in [3.63, 3.8) is 0 Å². The first-order valence-electron chi connectivity index (χ1n) is 9.62. The van der Waals surface area contributed by atoms with Crippen LogP contribution in [0.3, 0.4) is 0 Å². The minimum absolute atomic E-state index is 0.139. The van der Waals surface area contributed by atoms with E-state index in [1.165, 1.54) is 0 Å². The van der Waals surface area contributed by atoms with Crippen LogP contribution in [0.15, 0.2) is 24.4 Å². The lowest BCUT2D eigenvalue weighted by Crippen LogP contribution is -2.39. The molecule has 0 saturated carbocycles. The van der Waals surface area contributed by atoms with E-state index < -0.39 is 0 Å². The fourth-order valence-corrected chi connectivity index (χ4v) is 3.30. The fraction of sp³-hybridized carbons (Fsp3) is 0.500. The molecule has 0 bridgehead atoms. The number of rotatable bonds is 7. The first-order valence-corrected chi connectivity index (χ1v) is 9.62. The summed E-state index contributed by atoms with van der Waals surface area (Å²) >= 11 is 0. The zero-order valence-corrected chi connectivity index (χ0v) is 16.7. The summed E-state index contributed by atoms with van der Waals surface area (Å²) in [5, 5.41) is 6.26. The van der Waals surface area contributed by atoms with Gasteiger partial charge in [0, 0.05) is 50.7 Å². The summed E-state index contributed by atoms with van der Waals surface area (Å²) in [6.07, 6.45) is 3.61. The van der Waals surface area contributed by atoms with Crippen molar-refractivity contribution < 1.29 is 9.53 Å². The summed E-state index contributed by atoms with van der Waals surface area (Å²) < 4.78 is 4.93. The summed E-state index contributed by atoms with van der Waals surface area (Å²) in [5.41, 5.74) is 1.55. The van der Waals surface area contributed by atoms with Gasteiger partial charge in [-0.1, -0.05) is 0 Å². The first kappa shape index (κ1) is 20.0. The lowest BCUT2D eigenvalue weighted by atomic mass is 10.0. The molecule has 1 saturated heterocycles. The number of nitrogens with zero attached hydrogens (tertiary/aromatic N) is 4. The standard InChI is InChI=1S/C20H28N6O2/c1-14-12-19(24-15(2)23-14)26-9-6-17(7-10-26)25-18-5-4-16(13-22-18)20(27)21-8-11-28-3/h4-5,12-13,17H,6-11H2,1-3H3,(H,21,27)(H,22,25). The molecule has 0 aliphatic carbocycles. The Morgan fingerprint density at radius 2 is 2.04 bits per heavy atom. The molecule has 1 amide bonds. The molecule has 1 aliphatic rings. The molecule has 3 rings (SSSR count). The minimum atomic E-state index is -0.139. The normalized spacial score (nSPS) is 14.8. The van der Waals surface area contributed by atoms with Gasteiger partial charge in [-0.05, 0) is 38.8 Å². The zero-order chi connectivity index (χ0) is 19.9. The van der Waals surface area contributed by atoms with Gasteiger partial charge in [-0.3, -0.25) is 4.79 Å². The summed E-state index contributed by atoms with van der Waals surface area (Å²) in [7, 11) is 1.61. The Labute approximate surface area is 165 Å². The van der Waals surface area contributed by atoms with Crippen LogP contribution in [0.1, 0.15) is 34.7 Å². The number of aromatic nitrogens is 3. The molecule has 0 atom stereocenters. The molecule has 2 aromatic rings. The van der Waals surface area contributed by atoms with Crippen molar-refractivity contribution >= 4 is 17.5 Å². The average Bonchev–Trinajstić information content (AvgIpc) is 2.68. The number of methoxy groups -OCH3 is 1. The van der Waals surface area contributed by atoms with Crippen molar-refractivity contribution in [3.8, 4) is 0 Å². The Morgan fingerprint density at radius 3 is 2.68 bits per heavy atom. The molecular formula is C20H28N6O2. The number of amides is 1. The van der Waals surface area contributed by atoms with E-state index in [-0.39, 0.29) is 5.91 Å². The molecule has 0 unspecified atom stereocenters. The van der Waals surface area contributed by atoms with Gasteiger partial charge in [-0.25, -0.2) is 15.0 Å². The van der Waals surface area contributed by atoms with E-state index in [9.17, 15) is 4.79 Å². The van der Waals surface area contributed by atoms with E-state index >= 15 is 0 Å². The van der Waals surface area contributed by atoms with Crippen LogP contribution < -0.4 is 15.5 Å². The molecule has 0 radical (unpaired) electrons. The first-order chi connectivity index (χ1) is 13.5. The average molecular weight is 384 g/mol. The predicted octanol–water partition coefficient (Wildman–Crippen LogP) is 1.95. The molecule has 1 fully saturated rings. The van der Waals surface area contributed by atoms with Crippen molar-refractivity contribution in [1.82, 2.24) is 20.3 Å². The summed E-state index contributed by atoms with van der Waals surface area (Å²) in [4.78, 5) is 27.6. The second-order valence-corrected chi connectivity index (χ2v) is 7.00. The van der Waals surface area contributed by atoms with E-state index in [1.807, 2.05) is 26.0 Å². The zero-order valence-electron chi connectivity index (χ0n) is 16.7. The lowest BCUT2D eigenvalue weighted by Gasteiger charge is -2.33. The Kier molecular flexibility index (Phi) is 6.76. The fourth-order valence-electron chi connectivity index (χ4n) is 3.30. The van der Waals surface area contributed by atoms with Gasteiger partial charge < -0.3 is 20.3 Å². The molecule has 0 spiro atoms. The highest BCUT2D eigenvalue weighted by molar-refractivity contribution is 5.94. The Balaban J connectivity index is 1.50. The van der Waals surface area contributed by atoms with E-state index in [4.69, 9.17) is 4.74 Å². The van der Waals surface area contributed by atoms with Crippen LogP contribution in [0.25, 0.3) is 0 Å². The smallest absolute Gasteiger partial charge is 0.252 e. The molecular weight excluding hydrogens is 356 g/mol. The van der Waals surface area contributed by atoms with Crippen molar-refractivity contribution in [1.29, 1.82) is 0 Å². The number of nitrogens with one attached hydrogen (secondary N) is 2. The third-order valence-corrected chi connectivity index (χ3v) is 4.74. The molecule has 8 heteroatoms. The maximum Gasteiger partial charge on any atom is 0.252 e. The van der Waals surface area contributed by atoms with Crippen LogP contribution in [0.4, 0.5) is 11.6 Å². The van der Waals surface area contributed by atoms with Crippen LogP contribution >= 0.6 is 0 Å². The summed E-state index contributed by atoms with van der Waals surface area (Å²) in [6, 6.07) is 6.04. The van der Waals surface area contributed by atoms with Gasteiger partial charge in [0.2, 0.25) is 0 Å². The summed E-state index contributed by atoms with van der Waals surface area (Å²) in [6.45, 7) is 6.78. The highest BCUT2D eigenvalue weighted by atomic mass is 16.5. The van der Waals surface area contributed by atoms with E-state index in [2.05, 4.69) is 30.5 Å². The van der Waals surface area contributed by atoms with Gasteiger partial charge in [0.25, 0.3) is 5.91 Å². The number of piperidine rings is 1. The van der Waals surface area contributed by atoms with Gasteiger partial charge in [0.1, 0.15) is 17.5 Å². The van der Waals surface area contributed by atoms with Gasteiger partial charge in [-0.15, -0.1) is 0 Å². The Bertz CT molecular complexity index is 768. The largest absolute Gasteiger partial charge is 0.383 e. The number of hydrogen-bond donors (Lipinski definition) is 2. The van der Waals surface area contributed by atoms with Gasteiger partial charge >= 0.3 is 0 Å². The van der Waals surface area contributed by atoms with E-state index in [0.717, 1.165) is 49.1 Å². The van der Waals surface area contributed by atoms with Crippen molar-refractivity contribution in [2.45, 2.75) is 32.7 Å². The summed E-state index contributed by atoms with van der Waals surface area (Å²) in [5.74, 6) is 2.47. The number of hydrogen-bond acceptors (Lipinski definition) is 7. The topological polar surface area (TPSA) is 92.3 Å². The predicted molar refractivity (Wildman–Crippen MR) is 109 cm³/mol. The van der Waals surface area contributed by atoms with Crippen molar-refractivity contribution in [2.24, 2.45) is 0 Å². The molecule has 28 heavy (non-hydrogen) atoms. The molecule has 0 aromatic carbocycles. The molecule has 150 valence electrons. The number of anilines is 2. The second-order valence-electron chi connectivity index (χ2n) is 7.00. The van der Waals surface area contributed by atoms with Crippen LogP contribution in [0.2, 0.25) is 0 Å². The van der Waals surface area contributed by atoms with Crippen LogP contribution in [-0.2, 0) is 4.74 Å². The molecule has 2 N–H and O–H groups in total. The number of pyridine rings is 1.